The Hall–Kier alpha value is -1.50. The number of carbonyl (C=O) groups is 1. The topological polar surface area (TPSA) is 69.2 Å². The number of nitrogens with one attached hydrogen (secondary N) is 2. The van der Waals surface area contributed by atoms with Crippen molar-refractivity contribution >= 4 is 12.1 Å². The fourth-order valence-corrected chi connectivity index (χ4v) is 4.05. The Kier molecular flexibility index (Phi) is 10.0. The molecule has 0 aromatic carbocycles. The fourth-order valence-electron chi connectivity index (χ4n) is 4.05. The maximum atomic E-state index is 12.3. The first-order valence-electron chi connectivity index (χ1n) is 11.5. The van der Waals surface area contributed by atoms with Crippen molar-refractivity contribution in [2.45, 2.75) is 71.3 Å². The van der Waals surface area contributed by atoms with E-state index in [-0.39, 0.29) is 6.09 Å². The van der Waals surface area contributed by atoms with E-state index in [4.69, 9.17) is 4.74 Å². The summed E-state index contributed by atoms with van der Waals surface area (Å²) in [7, 11) is 1.82. The molecule has 2 saturated heterocycles. The normalized spacial score (nSPS) is 22.1. The van der Waals surface area contributed by atoms with Gasteiger partial charge in [-0.2, -0.15) is 0 Å². The van der Waals surface area contributed by atoms with Crippen LogP contribution in [0.15, 0.2) is 4.99 Å². The van der Waals surface area contributed by atoms with Crippen molar-refractivity contribution in [2.75, 3.05) is 52.9 Å². The summed E-state index contributed by atoms with van der Waals surface area (Å²) in [6, 6.07) is 0. The van der Waals surface area contributed by atoms with Gasteiger partial charge in [-0.3, -0.25) is 4.99 Å². The van der Waals surface area contributed by atoms with Gasteiger partial charge in [-0.15, -0.1) is 0 Å². The predicted molar refractivity (Wildman–Crippen MR) is 119 cm³/mol. The molecule has 7 nitrogen and oxygen atoms in total. The third-order valence-corrected chi connectivity index (χ3v) is 5.59. The number of carbonyl (C=O) groups excluding carboxylic acids is 1. The molecule has 1 atom stereocenters. The third-order valence-electron chi connectivity index (χ3n) is 5.59. The van der Waals surface area contributed by atoms with Crippen molar-refractivity contribution in [3.63, 3.8) is 0 Å². The summed E-state index contributed by atoms with van der Waals surface area (Å²) in [6.45, 7) is 12.7. The molecule has 168 valence electrons. The molecule has 7 heteroatoms. The van der Waals surface area contributed by atoms with Crippen LogP contribution in [0.3, 0.4) is 0 Å². The first-order valence-corrected chi connectivity index (χ1v) is 11.5. The summed E-state index contributed by atoms with van der Waals surface area (Å²) < 4.78 is 5.52. The van der Waals surface area contributed by atoms with E-state index in [1.54, 1.807) is 0 Å². The minimum Gasteiger partial charge on any atom is -0.444 e. The van der Waals surface area contributed by atoms with Crippen molar-refractivity contribution < 1.29 is 9.53 Å². The largest absolute Gasteiger partial charge is 0.444 e. The molecule has 0 aromatic rings. The number of hydrogen-bond donors (Lipinski definition) is 2. The van der Waals surface area contributed by atoms with E-state index in [9.17, 15) is 4.79 Å². The molecule has 0 aromatic heterocycles. The zero-order valence-electron chi connectivity index (χ0n) is 19.1. The molecule has 1 unspecified atom stereocenters. The van der Waals surface area contributed by atoms with Crippen LogP contribution in [0.25, 0.3) is 0 Å². The quantitative estimate of drug-likeness (QED) is 0.401. The van der Waals surface area contributed by atoms with Crippen LogP contribution >= 0.6 is 0 Å². The van der Waals surface area contributed by atoms with Crippen molar-refractivity contribution in [2.24, 2.45) is 10.9 Å². The van der Waals surface area contributed by atoms with Gasteiger partial charge in [0.05, 0.1) is 0 Å². The lowest BCUT2D eigenvalue weighted by Gasteiger charge is -2.34. The average molecular weight is 410 g/mol. The number of amides is 1. The van der Waals surface area contributed by atoms with E-state index in [2.05, 4.69) is 20.5 Å². The molecule has 2 N–H and O–H groups in total. The minimum absolute atomic E-state index is 0.196. The van der Waals surface area contributed by atoms with Crippen LogP contribution < -0.4 is 10.6 Å². The van der Waals surface area contributed by atoms with Crippen LogP contribution in [0.1, 0.15) is 65.7 Å². The summed E-state index contributed by atoms with van der Waals surface area (Å²) >= 11 is 0. The van der Waals surface area contributed by atoms with Gasteiger partial charge >= 0.3 is 6.09 Å². The number of nitrogens with zero attached hydrogens (tertiary/aromatic N) is 3. The summed E-state index contributed by atoms with van der Waals surface area (Å²) in [6.07, 6.45) is 8.55. The lowest BCUT2D eigenvalue weighted by molar-refractivity contribution is 0.0168. The zero-order valence-corrected chi connectivity index (χ0v) is 19.1. The fraction of sp³-hybridized carbons (Fsp3) is 0.909. The molecular formula is C22H43N5O2. The van der Waals surface area contributed by atoms with Crippen LogP contribution in [0, 0.1) is 5.92 Å². The maximum Gasteiger partial charge on any atom is 0.410 e. The molecule has 2 heterocycles. The van der Waals surface area contributed by atoms with Gasteiger partial charge in [0.25, 0.3) is 0 Å². The molecule has 0 saturated carbocycles. The molecule has 2 fully saturated rings. The highest BCUT2D eigenvalue weighted by Crippen LogP contribution is 2.18. The maximum absolute atomic E-state index is 12.3. The van der Waals surface area contributed by atoms with E-state index in [0.29, 0.717) is 5.92 Å². The Bertz CT molecular complexity index is 510. The highest BCUT2D eigenvalue weighted by Gasteiger charge is 2.27. The molecule has 2 aliphatic rings. The summed E-state index contributed by atoms with van der Waals surface area (Å²) in [4.78, 5) is 21.1. The lowest BCUT2D eigenvalue weighted by atomic mass is 9.98. The van der Waals surface area contributed by atoms with E-state index < -0.39 is 5.60 Å². The van der Waals surface area contributed by atoms with Crippen molar-refractivity contribution in [3.8, 4) is 0 Å². The summed E-state index contributed by atoms with van der Waals surface area (Å²) in [5, 5.41) is 6.88. The lowest BCUT2D eigenvalue weighted by Crippen LogP contribution is -2.47. The molecular weight excluding hydrogens is 366 g/mol. The molecule has 0 radical (unpaired) electrons. The van der Waals surface area contributed by atoms with Gasteiger partial charge in [0.2, 0.25) is 0 Å². The second kappa shape index (κ2) is 12.3. The van der Waals surface area contributed by atoms with Crippen LogP contribution in [-0.4, -0.2) is 80.3 Å². The number of rotatable bonds is 6. The summed E-state index contributed by atoms with van der Waals surface area (Å²) in [5.74, 6) is 1.28. The monoisotopic (exact) mass is 409 g/mol. The van der Waals surface area contributed by atoms with Gasteiger partial charge in [-0.05, 0) is 78.4 Å². The molecule has 1 amide bonds. The number of guanidine groups is 1. The van der Waals surface area contributed by atoms with Crippen molar-refractivity contribution in [1.29, 1.82) is 0 Å². The van der Waals surface area contributed by atoms with Crippen LogP contribution in [0.2, 0.25) is 0 Å². The first-order chi connectivity index (χ1) is 13.9. The smallest absolute Gasteiger partial charge is 0.410 e. The van der Waals surface area contributed by atoms with Crippen LogP contribution in [0.5, 0.6) is 0 Å². The van der Waals surface area contributed by atoms with Crippen LogP contribution in [-0.2, 0) is 4.74 Å². The van der Waals surface area contributed by atoms with Crippen LogP contribution in [0.4, 0.5) is 4.79 Å². The standard InChI is InChI=1S/C22H43N5O2/c1-22(2,3)29-21(28)27-16-9-11-19(18-27)17-25-20(23-4)24-12-10-15-26-13-7-5-6-8-14-26/h19H,5-18H2,1-4H3,(H2,23,24,25). The van der Waals surface area contributed by atoms with E-state index in [1.807, 2.05) is 32.7 Å². The van der Waals surface area contributed by atoms with Gasteiger partial charge in [-0.1, -0.05) is 12.8 Å². The van der Waals surface area contributed by atoms with Gasteiger partial charge in [-0.25, -0.2) is 4.79 Å². The van der Waals surface area contributed by atoms with E-state index >= 15 is 0 Å². The second-order valence-corrected chi connectivity index (χ2v) is 9.42. The van der Waals surface area contributed by atoms with Gasteiger partial charge in [0.1, 0.15) is 5.60 Å². The Balaban J connectivity index is 1.64. The third kappa shape index (κ3) is 9.70. The van der Waals surface area contributed by atoms with Crippen molar-refractivity contribution in [1.82, 2.24) is 20.4 Å². The average Bonchev–Trinajstić information content (AvgIpc) is 2.95. The number of piperidine rings is 1. The highest BCUT2D eigenvalue weighted by molar-refractivity contribution is 5.79. The Morgan fingerprint density at radius 3 is 2.45 bits per heavy atom. The number of likely N-dealkylation sites (tertiary alicyclic amines) is 2. The van der Waals surface area contributed by atoms with E-state index in [1.165, 1.54) is 38.8 Å². The zero-order chi connectivity index (χ0) is 21.1. The minimum atomic E-state index is -0.443. The number of hydrogen-bond acceptors (Lipinski definition) is 4. The molecule has 29 heavy (non-hydrogen) atoms. The number of aliphatic imine (C=N–C) groups is 1. The second-order valence-electron chi connectivity index (χ2n) is 9.42. The van der Waals surface area contributed by atoms with Gasteiger partial charge < -0.3 is 25.2 Å². The Morgan fingerprint density at radius 2 is 1.79 bits per heavy atom. The molecule has 0 aliphatic carbocycles. The predicted octanol–water partition coefficient (Wildman–Crippen LogP) is 3.06. The summed E-state index contributed by atoms with van der Waals surface area (Å²) in [5.41, 5.74) is -0.443. The SMILES string of the molecule is CN=C(NCCCN1CCCCCC1)NCC1CCCN(C(=O)OC(C)(C)C)C1. The van der Waals surface area contributed by atoms with Crippen molar-refractivity contribution in [3.05, 3.63) is 0 Å². The van der Waals surface area contributed by atoms with Gasteiger partial charge in [0.15, 0.2) is 5.96 Å². The molecule has 2 rings (SSSR count). The van der Waals surface area contributed by atoms with E-state index in [0.717, 1.165) is 57.9 Å². The number of ether oxygens (including phenoxy) is 1. The Morgan fingerprint density at radius 1 is 1.07 bits per heavy atom. The molecule has 0 bridgehead atoms. The van der Waals surface area contributed by atoms with Gasteiger partial charge in [0, 0.05) is 33.2 Å². The first kappa shape index (κ1) is 23.8. The highest BCUT2D eigenvalue weighted by atomic mass is 16.6. The Labute approximate surface area is 177 Å². The molecule has 2 aliphatic heterocycles. The molecule has 0 spiro atoms.